The molecule has 4 nitrogen and oxygen atoms in total. The summed E-state index contributed by atoms with van der Waals surface area (Å²) in [6, 6.07) is 31.2. The molecule has 4 aromatic carbocycles. The summed E-state index contributed by atoms with van der Waals surface area (Å²) in [5.74, 6) is 0.577. The van der Waals surface area contributed by atoms with E-state index >= 15 is 0 Å². The van der Waals surface area contributed by atoms with Crippen molar-refractivity contribution in [1.82, 2.24) is 4.98 Å². The molecule has 1 N–H and O–H groups in total. The lowest BCUT2D eigenvalue weighted by Gasteiger charge is -2.12. The Morgan fingerprint density at radius 3 is 2.48 bits per heavy atom. The number of carbonyl (C=O) groups excluding carboxylic acids is 1. The van der Waals surface area contributed by atoms with E-state index in [1.54, 1.807) is 7.11 Å². The van der Waals surface area contributed by atoms with E-state index in [0.29, 0.717) is 5.56 Å². The van der Waals surface area contributed by atoms with Gasteiger partial charge in [-0.05, 0) is 47.2 Å². The van der Waals surface area contributed by atoms with E-state index in [1.165, 1.54) is 0 Å². The number of ether oxygens (including phenoxy) is 1. The number of nitrogens with one attached hydrogen (secondary N) is 1. The summed E-state index contributed by atoms with van der Waals surface area (Å²) in [6.45, 7) is 0. The Hall–Kier alpha value is -4.18. The molecule has 5 rings (SSSR count). The molecule has 0 bridgehead atoms. The van der Waals surface area contributed by atoms with Crippen molar-refractivity contribution >= 4 is 33.3 Å². The van der Waals surface area contributed by atoms with E-state index in [9.17, 15) is 4.79 Å². The molecule has 1 heterocycles. The van der Waals surface area contributed by atoms with Gasteiger partial charge in [0.25, 0.3) is 5.91 Å². The molecule has 0 unspecified atom stereocenters. The fourth-order valence-electron chi connectivity index (χ4n) is 3.76. The van der Waals surface area contributed by atoms with Crippen molar-refractivity contribution in [3.63, 3.8) is 0 Å². The molecule has 1 amide bonds. The van der Waals surface area contributed by atoms with E-state index in [0.717, 1.165) is 44.4 Å². The fraction of sp³-hybridized carbons (Fsp3) is 0.0370. The van der Waals surface area contributed by atoms with E-state index in [2.05, 4.69) is 11.4 Å². The van der Waals surface area contributed by atoms with Crippen molar-refractivity contribution in [2.75, 3.05) is 12.4 Å². The molecule has 31 heavy (non-hydrogen) atoms. The molecule has 4 heteroatoms. The molecular formula is C27H20N2O2. The van der Waals surface area contributed by atoms with Crippen molar-refractivity contribution in [1.29, 1.82) is 0 Å². The van der Waals surface area contributed by atoms with Crippen LogP contribution in [-0.4, -0.2) is 18.0 Å². The van der Waals surface area contributed by atoms with E-state index < -0.39 is 0 Å². The lowest BCUT2D eigenvalue weighted by atomic mass is 10.0. The average molecular weight is 404 g/mol. The summed E-state index contributed by atoms with van der Waals surface area (Å²) in [5.41, 5.74) is 3.72. The number of nitrogens with zero attached hydrogens (tertiary/aromatic N) is 1. The number of pyridine rings is 1. The van der Waals surface area contributed by atoms with Gasteiger partial charge in [0.1, 0.15) is 5.75 Å². The molecule has 0 saturated heterocycles. The maximum atomic E-state index is 13.3. The Kier molecular flexibility index (Phi) is 4.81. The molecule has 0 saturated carbocycles. The first kappa shape index (κ1) is 18.8. The Bertz CT molecular complexity index is 1430. The van der Waals surface area contributed by atoms with Crippen LogP contribution in [0, 0.1) is 0 Å². The lowest BCUT2D eigenvalue weighted by molar-refractivity contribution is 0.102. The van der Waals surface area contributed by atoms with Gasteiger partial charge in [-0.2, -0.15) is 0 Å². The quantitative estimate of drug-likeness (QED) is 0.381. The van der Waals surface area contributed by atoms with Crippen LogP contribution in [0.1, 0.15) is 10.4 Å². The molecule has 1 aromatic heterocycles. The molecule has 0 aliphatic heterocycles. The third-order valence-electron chi connectivity index (χ3n) is 5.33. The number of rotatable bonds is 4. The first-order valence-corrected chi connectivity index (χ1v) is 10.1. The van der Waals surface area contributed by atoms with Gasteiger partial charge in [-0.15, -0.1) is 0 Å². The number of para-hydroxylation sites is 1. The predicted molar refractivity (Wildman–Crippen MR) is 126 cm³/mol. The number of aromatic nitrogens is 1. The second-order valence-electron chi connectivity index (χ2n) is 7.32. The Morgan fingerprint density at radius 1 is 0.806 bits per heavy atom. The summed E-state index contributed by atoms with van der Waals surface area (Å²) in [6.07, 6.45) is 0. The van der Waals surface area contributed by atoms with Crippen LogP contribution in [0.3, 0.4) is 0 Å². The number of fused-ring (bicyclic) bond motifs is 2. The molecule has 150 valence electrons. The van der Waals surface area contributed by atoms with Crippen molar-refractivity contribution in [2.24, 2.45) is 0 Å². The summed E-state index contributed by atoms with van der Waals surface area (Å²) in [5, 5.41) is 6.08. The van der Waals surface area contributed by atoms with Crippen LogP contribution in [0.4, 0.5) is 5.69 Å². The number of amides is 1. The Balaban J connectivity index is 1.57. The molecule has 0 radical (unpaired) electrons. The number of anilines is 1. The zero-order valence-electron chi connectivity index (χ0n) is 17.0. The highest BCUT2D eigenvalue weighted by atomic mass is 16.5. The number of carbonyl (C=O) groups is 1. The van der Waals surface area contributed by atoms with Crippen molar-refractivity contribution in [3.8, 4) is 17.0 Å². The third-order valence-corrected chi connectivity index (χ3v) is 5.33. The minimum absolute atomic E-state index is 0.168. The van der Waals surface area contributed by atoms with Crippen LogP contribution in [0.2, 0.25) is 0 Å². The van der Waals surface area contributed by atoms with Crippen LogP contribution >= 0.6 is 0 Å². The SMILES string of the molecule is COc1cccc(-c2cc(C(=O)Nc3ccc4ccccc4c3)c3ccccc3n2)c1. The van der Waals surface area contributed by atoms with Gasteiger partial charge in [0.2, 0.25) is 0 Å². The van der Waals surface area contributed by atoms with E-state index in [-0.39, 0.29) is 5.91 Å². The molecule has 0 aliphatic rings. The predicted octanol–water partition coefficient (Wildman–Crippen LogP) is 6.32. The molecular weight excluding hydrogens is 384 g/mol. The molecule has 0 atom stereocenters. The van der Waals surface area contributed by atoms with Gasteiger partial charge in [0.05, 0.1) is 23.9 Å². The third kappa shape index (κ3) is 3.71. The minimum Gasteiger partial charge on any atom is -0.497 e. The standard InChI is InChI=1S/C27H20N2O2/c1-31-22-10-6-9-20(16-22)26-17-24(23-11-4-5-12-25(23)29-26)27(30)28-21-14-13-18-7-2-3-8-19(18)15-21/h2-17H,1H3,(H,28,30). The lowest BCUT2D eigenvalue weighted by Crippen LogP contribution is -2.13. The molecule has 5 aromatic rings. The summed E-state index contributed by atoms with van der Waals surface area (Å²) in [7, 11) is 1.63. The first-order valence-electron chi connectivity index (χ1n) is 10.1. The Labute approximate surface area is 180 Å². The van der Waals surface area contributed by atoms with E-state index in [4.69, 9.17) is 9.72 Å². The zero-order valence-corrected chi connectivity index (χ0v) is 17.0. The first-order chi connectivity index (χ1) is 15.2. The maximum absolute atomic E-state index is 13.3. The van der Waals surface area contributed by atoms with Gasteiger partial charge in [-0.25, -0.2) is 4.98 Å². The highest BCUT2D eigenvalue weighted by Gasteiger charge is 2.15. The molecule has 0 aliphatic carbocycles. The topological polar surface area (TPSA) is 51.2 Å². The van der Waals surface area contributed by atoms with E-state index in [1.807, 2.05) is 91.0 Å². The largest absolute Gasteiger partial charge is 0.497 e. The normalized spacial score (nSPS) is 10.9. The van der Waals surface area contributed by atoms with Crippen molar-refractivity contribution < 1.29 is 9.53 Å². The fourth-order valence-corrected chi connectivity index (χ4v) is 3.76. The van der Waals surface area contributed by atoms with Crippen LogP contribution in [-0.2, 0) is 0 Å². The molecule has 0 fully saturated rings. The monoisotopic (exact) mass is 404 g/mol. The number of hydrogen-bond donors (Lipinski definition) is 1. The van der Waals surface area contributed by atoms with Gasteiger partial charge in [0.15, 0.2) is 0 Å². The average Bonchev–Trinajstić information content (AvgIpc) is 2.83. The van der Waals surface area contributed by atoms with Crippen LogP contribution in [0.5, 0.6) is 5.75 Å². The van der Waals surface area contributed by atoms with Gasteiger partial charge in [0, 0.05) is 16.6 Å². The van der Waals surface area contributed by atoms with Gasteiger partial charge in [-0.1, -0.05) is 60.7 Å². The number of methoxy groups -OCH3 is 1. The second-order valence-corrected chi connectivity index (χ2v) is 7.32. The zero-order chi connectivity index (χ0) is 21.2. The second kappa shape index (κ2) is 7.92. The van der Waals surface area contributed by atoms with Crippen LogP contribution < -0.4 is 10.1 Å². The summed E-state index contributed by atoms with van der Waals surface area (Å²) < 4.78 is 5.35. The summed E-state index contributed by atoms with van der Waals surface area (Å²) >= 11 is 0. The number of hydrogen-bond acceptors (Lipinski definition) is 3. The minimum atomic E-state index is -0.168. The van der Waals surface area contributed by atoms with Crippen molar-refractivity contribution in [3.05, 3.63) is 103 Å². The van der Waals surface area contributed by atoms with Crippen LogP contribution in [0.25, 0.3) is 32.9 Å². The maximum Gasteiger partial charge on any atom is 0.256 e. The smallest absolute Gasteiger partial charge is 0.256 e. The van der Waals surface area contributed by atoms with Gasteiger partial charge < -0.3 is 10.1 Å². The Morgan fingerprint density at radius 2 is 1.61 bits per heavy atom. The van der Waals surface area contributed by atoms with Crippen LogP contribution in [0.15, 0.2) is 97.1 Å². The highest BCUT2D eigenvalue weighted by molar-refractivity contribution is 6.13. The summed E-state index contributed by atoms with van der Waals surface area (Å²) in [4.78, 5) is 18.1. The molecule has 0 spiro atoms. The van der Waals surface area contributed by atoms with Gasteiger partial charge in [-0.3, -0.25) is 4.79 Å². The highest BCUT2D eigenvalue weighted by Crippen LogP contribution is 2.28. The van der Waals surface area contributed by atoms with Crippen molar-refractivity contribution in [2.45, 2.75) is 0 Å². The number of benzene rings is 4. The van der Waals surface area contributed by atoms with Gasteiger partial charge >= 0.3 is 0 Å².